The van der Waals surface area contributed by atoms with E-state index in [1.807, 2.05) is 20.9 Å². The largest absolute Gasteiger partial charge is 0.355 e. The second-order valence-corrected chi connectivity index (χ2v) is 6.97. The third-order valence-electron chi connectivity index (χ3n) is 4.97. The Balaban J connectivity index is 1.77. The molecule has 1 saturated heterocycles. The number of amides is 1. The number of likely N-dealkylation sites (N-methyl/N-ethyl adjacent to an activating group) is 1. The molecule has 1 atom stereocenters. The number of aryl methyl sites for hydroxylation is 2. The Hall–Kier alpha value is -2.55. The Labute approximate surface area is 153 Å². The smallest absolute Gasteiger partial charge is 0.289 e. The second kappa shape index (κ2) is 7.36. The van der Waals surface area contributed by atoms with Crippen molar-refractivity contribution in [3.8, 4) is 0 Å². The van der Waals surface area contributed by atoms with Gasteiger partial charge in [-0.3, -0.25) is 4.79 Å². The van der Waals surface area contributed by atoms with Gasteiger partial charge in [-0.05, 0) is 34.4 Å². The van der Waals surface area contributed by atoms with E-state index in [4.69, 9.17) is 0 Å². The summed E-state index contributed by atoms with van der Waals surface area (Å²) in [5, 5.41) is 10.6. The molecule has 140 valence electrons. The number of nitrogens with zero attached hydrogens (tertiary/aromatic N) is 7. The van der Waals surface area contributed by atoms with Gasteiger partial charge in [0.1, 0.15) is 12.1 Å². The van der Waals surface area contributed by atoms with Crippen molar-refractivity contribution in [2.45, 2.75) is 32.9 Å². The predicted molar refractivity (Wildman–Crippen MR) is 98.0 cm³/mol. The molecule has 3 rings (SSSR count). The molecule has 26 heavy (non-hydrogen) atoms. The van der Waals surface area contributed by atoms with E-state index >= 15 is 0 Å². The van der Waals surface area contributed by atoms with Crippen molar-refractivity contribution in [1.82, 2.24) is 34.9 Å². The number of rotatable bonds is 5. The summed E-state index contributed by atoms with van der Waals surface area (Å²) in [6.45, 7) is 6.05. The molecule has 9 nitrogen and oxygen atoms in total. The van der Waals surface area contributed by atoms with Crippen LogP contribution in [0.5, 0.6) is 0 Å². The van der Waals surface area contributed by atoms with Crippen LogP contribution in [-0.4, -0.2) is 68.8 Å². The number of anilines is 1. The van der Waals surface area contributed by atoms with E-state index in [2.05, 4.69) is 49.4 Å². The molecule has 2 aromatic rings. The van der Waals surface area contributed by atoms with Crippen LogP contribution in [0, 0.1) is 13.8 Å². The Kier molecular flexibility index (Phi) is 5.17. The van der Waals surface area contributed by atoms with E-state index in [0.29, 0.717) is 11.9 Å². The van der Waals surface area contributed by atoms with Crippen molar-refractivity contribution in [1.29, 1.82) is 0 Å². The highest BCUT2D eigenvalue weighted by molar-refractivity contribution is 5.90. The zero-order valence-electron chi connectivity index (χ0n) is 16.0. The number of aromatic nitrogens is 5. The average molecular weight is 358 g/mol. The van der Waals surface area contributed by atoms with Crippen LogP contribution in [0.2, 0.25) is 0 Å². The quantitative estimate of drug-likeness (QED) is 0.821. The maximum Gasteiger partial charge on any atom is 0.289 e. The highest BCUT2D eigenvalue weighted by Gasteiger charge is 2.27. The summed E-state index contributed by atoms with van der Waals surface area (Å²) in [5.41, 5.74) is 1.85. The molecule has 1 aliphatic rings. The SMILES string of the molecule is Cc1nc(C(=O)NCc2nncn2C)nc(N2CC[C@@H](N(C)C)C2)c1C. The predicted octanol–water partition coefficient (Wildman–Crippen LogP) is 0.292. The van der Waals surface area contributed by atoms with E-state index in [1.165, 1.54) is 0 Å². The first-order chi connectivity index (χ1) is 12.4. The molecule has 1 N–H and O–H groups in total. The van der Waals surface area contributed by atoms with Gasteiger partial charge in [-0.15, -0.1) is 10.2 Å². The van der Waals surface area contributed by atoms with Crippen LogP contribution in [0.1, 0.15) is 34.1 Å². The molecule has 0 aromatic carbocycles. The van der Waals surface area contributed by atoms with E-state index in [9.17, 15) is 4.79 Å². The number of hydrogen-bond acceptors (Lipinski definition) is 7. The van der Waals surface area contributed by atoms with E-state index < -0.39 is 0 Å². The van der Waals surface area contributed by atoms with Gasteiger partial charge in [-0.25, -0.2) is 9.97 Å². The molecule has 3 heterocycles. The van der Waals surface area contributed by atoms with Gasteiger partial charge in [-0.2, -0.15) is 0 Å². The minimum absolute atomic E-state index is 0.193. The highest BCUT2D eigenvalue weighted by atomic mass is 16.2. The van der Waals surface area contributed by atoms with Crippen molar-refractivity contribution < 1.29 is 4.79 Å². The van der Waals surface area contributed by atoms with Gasteiger partial charge in [-0.1, -0.05) is 0 Å². The fourth-order valence-electron chi connectivity index (χ4n) is 3.08. The number of nitrogens with one attached hydrogen (secondary N) is 1. The molecule has 9 heteroatoms. The van der Waals surface area contributed by atoms with Crippen molar-refractivity contribution in [3.63, 3.8) is 0 Å². The standard InChI is InChI=1S/C17H26N8O/c1-11-12(2)20-15(17(26)18-8-14-22-19-10-24(14)5)21-16(11)25-7-6-13(9-25)23(3)4/h10,13H,6-9H2,1-5H3,(H,18,26)/t13-/m1/s1. The fourth-order valence-corrected chi connectivity index (χ4v) is 3.08. The summed E-state index contributed by atoms with van der Waals surface area (Å²) in [7, 11) is 6.02. The zero-order chi connectivity index (χ0) is 18.8. The van der Waals surface area contributed by atoms with Crippen LogP contribution in [0.4, 0.5) is 5.82 Å². The summed E-state index contributed by atoms with van der Waals surface area (Å²) in [4.78, 5) is 26.0. The summed E-state index contributed by atoms with van der Waals surface area (Å²) >= 11 is 0. The third kappa shape index (κ3) is 3.67. The van der Waals surface area contributed by atoms with Gasteiger partial charge < -0.3 is 19.7 Å². The highest BCUT2D eigenvalue weighted by Crippen LogP contribution is 2.25. The first kappa shape index (κ1) is 18.2. The monoisotopic (exact) mass is 358 g/mol. The lowest BCUT2D eigenvalue weighted by Gasteiger charge is -2.23. The van der Waals surface area contributed by atoms with Crippen LogP contribution >= 0.6 is 0 Å². The number of carbonyl (C=O) groups is 1. The molecule has 0 radical (unpaired) electrons. The maximum absolute atomic E-state index is 12.5. The van der Waals surface area contributed by atoms with Gasteiger partial charge in [0.25, 0.3) is 5.91 Å². The molecule has 2 aromatic heterocycles. The van der Waals surface area contributed by atoms with E-state index in [0.717, 1.165) is 36.6 Å². The summed E-state index contributed by atoms with van der Waals surface area (Å²) in [6.07, 6.45) is 2.68. The Bertz CT molecular complexity index is 800. The van der Waals surface area contributed by atoms with Gasteiger partial charge in [0, 0.05) is 37.4 Å². The van der Waals surface area contributed by atoms with Crippen LogP contribution in [-0.2, 0) is 13.6 Å². The fraction of sp³-hybridized carbons (Fsp3) is 0.588. The topological polar surface area (TPSA) is 92.1 Å². The summed E-state index contributed by atoms with van der Waals surface area (Å²) in [6, 6.07) is 0.498. The minimum atomic E-state index is -0.305. The average Bonchev–Trinajstić information content (AvgIpc) is 3.24. The zero-order valence-corrected chi connectivity index (χ0v) is 16.0. The number of carbonyl (C=O) groups excluding carboxylic acids is 1. The lowest BCUT2D eigenvalue weighted by molar-refractivity contribution is 0.0939. The Morgan fingerprint density at radius 3 is 2.73 bits per heavy atom. The molecule has 0 aliphatic carbocycles. The third-order valence-corrected chi connectivity index (χ3v) is 4.97. The molecular formula is C17H26N8O. The first-order valence-corrected chi connectivity index (χ1v) is 8.74. The van der Waals surface area contributed by atoms with E-state index in [1.54, 1.807) is 10.9 Å². The van der Waals surface area contributed by atoms with Crippen LogP contribution in [0.3, 0.4) is 0 Å². The van der Waals surface area contributed by atoms with Crippen LogP contribution in [0.15, 0.2) is 6.33 Å². The molecular weight excluding hydrogens is 332 g/mol. The van der Waals surface area contributed by atoms with Gasteiger partial charge in [0.05, 0.1) is 6.54 Å². The lowest BCUT2D eigenvalue weighted by atomic mass is 10.2. The van der Waals surface area contributed by atoms with Crippen molar-refractivity contribution in [2.75, 3.05) is 32.1 Å². The van der Waals surface area contributed by atoms with E-state index in [-0.39, 0.29) is 18.3 Å². The summed E-state index contributed by atoms with van der Waals surface area (Å²) < 4.78 is 1.76. The maximum atomic E-state index is 12.5. The molecule has 1 amide bonds. The minimum Gasteiger partial charge on any atom is -0.355 e. The molecule has 0 unspecified atom stereocenters. The second-order valence-electron chi connectivity index (χ2n) is 6.97. The van der Waals surface area contributed by atoms with Gasteiger partial charge in [0.15, 0.2) is 5.82 Å². The van der Waals surface area contributed by atoms with Gasteiger partial charge in [0.2, 0.25) is 5.82 Å². The normalized spacial score (nSPS) is 17.2. The molecule has 0 bridgehead atoms. The van der Waals surface area contributed by atoms with Crippen LogP contribution in [0.25, 0.3) is 0 Å². The Morgan fingerprint density at radius 1 is 1.35 bits per heavy atom. The molecule has 0 spiro atoms. The van der Waals surface area contributed by atoms with Crippen molar-refractivity contribution >= 4 is 11.7 Å². The molecule has 1 aliphatic heterocycles. The number of hydrogen-bond donors (Lipinski definition) is 1. The Morgan fingerprint density at radius 2 is 2.12 bits per heavy atom. The summed E-state index contributed by atoms with van der Waals surface area (Å²) in [5.74, 6) is 1.42. The lowest BCUT2D eigenvalue weighted by Crippen LogP contribution is -2.33. The van der Waals surface area contributed by atoms with Crippen LogP contribution < -0.4 is 10.2 Å². The van der Waals surface area contributed by atoms with Gasteiger partial charge >= 0.3 is 0 Å². The van der Waals surface area contributed by atoms with Crippen molar-refractivity contribution in [3.05, 3.63) is 29.2 Å². The van der Waals surface area contributed by atoms with Crippen molar-refractivity contribution in [2.24, 2.45) is 7.05 Å². The first-order valence-electron chi connectivity index (χ1n) is 8.74. The molecule has 0 saturated carbocycles. The molecule has 1 fully saturated rings.